The van der Waals surface area contributed by atoms with Gasteiger partial charge in [-0.2, -0.15) is 23.5 Å². The molecule has 2 atom stereocenters. The molecule has 1 aromatic rings. The Morgan fingerprint density at radius 3 is 2.75 bits per heavy atom. The Balaban J connectivity index is 1.64. The van der Waals surface area contributed by atoms with Crippen LogP contribution >= 0.6 is 23.5 Å². The van der Waals surface area contributed by atoms with Crippen molar-refractivity contribution in [2.75, 3.05) is 30.9 Å². The van der Waals surface area contributed by atoms with Crippen molar-refractivity contribution in [3.63, 3.8) is 0 Å². The molecule has 112 valence electrons. The predicted octanol–water partition coefficient (Wildman–Crippen LogP) is 3.45. The minimum atomic E-state index is 0.588. The van der Waals surface area contributed by atoms with E-state index < -0.39 is 0 Å². The molecule has 2 nitrogen and oxygen atoms in total. The van der Waals surface area contributed by atoms with Crippen molar-refractivity contribution < 1.29 is 4.74 Å². The monoisotopic (exact) mass is 311 g/mol. The summed E-state index contributed by atoms with van der Waals surface area (Å²) >= 11 is 4.22. The van der Waals surface area contributed by atoms with Crippen molar-refractivity contribution in [1.82, 2.24) is 5.32 Å². The van der Waals surface area contributed by atoms with Crippen LogP contribution in [0, 0.1) is 0 Å². The second kappa shape index (κ2) is 8.85. The number of ether oxygens (including phenoxy) is 1. The summed E-state index contributed by atoms with van der Waals surface area (Å²) in [7, 11) is 1.71. The van der Waals surface area contributed by atoms with Gasteiger partial charge in [0.1, 0.15) is 5.75 Å². The minimum absolute atomic E-state index is 0.588. The van der Waals surface area contributed by atoms with E-state index in [1.807, 2.05) is 12.1 Å². The SMILES string of the molecule is COc1ccc(CCC(C)NCC2CSCCS2)cc1. The lowest BCUT2D eigenvalue weighted by molar-refractivity contribution is 0.414. The Labute approximate surface area is 131 Å². The zero-order chi connectivity index (χ0) is 14.2. The molecule has 20 heavy (non-hydrogen) atoms. The third-order valence-corrected chi connectivity index (χ3v) is 6.45. The maximum atomic E-state index is 5.18. The molecule has 1 N–H and O–H groups in total. The van der Waals surface area contributed by atoms with Crippen molar-refractivity contribution in [3.8, 4) is 5.75 Å². The van der Waals surface area contributed by atoms with E-state index >= 15 is 0 Å². The van der Waals surface area contributed by atoms with E-state index in [2.05, 4.69) is 47.9 Å². The van der Waals surface area contributed by atoms with Gasteiger partial charge in [0.05, 0.1) is 7.11 Å². The van der Waals surface area contributed by atoms with Gasteiger partial charge in [-0.1, -0.05) is 12.1 Å². The Hall–Kier alpha value is -0.320. The molecule has 4 heteroatoms. The molecule has 1 saturated heterocycles. The Morgan fingerprint density at radius 1 is 1.30 bits per heavy atom. The number of hydrogen-bond donors (Lipinski definition) is 1. The lowest BCUT2D eigenvalue weighted by atomic mass is 10.1. The fourth-order valence-electron chi connectivity index (χ4n) is 2.26. The van der Waals surface area contributed by atoms with Gasteiger partial charge in [0.25, 0.3) is 0 Å². The van der Waals surface area contributed by atoms with E-state index in [9.17, 15) is 0 Å². The van der Waals surface area contributed by atoms with Crippen molar-refractivity contribution in [3.05, 3.63) is 29.8 Å². The molecule has 0 saturated carbocycles. The number of benzene rings is 1. The average Bonchev–Trinajstić information content (AvgIpc) is 2.52. The van der Waals surface area contributed by atoms with E-state index in [1.54, 1.807) is 7.11 Å². The highest BCUT2D eigenvalue weighted by molar-refractivity contribution is 8.06. The van der Waals surface area contributed by atoms with Crippen LogP contribution in [-0.4, -0.2) is 42.2 Å². The standard InChI is InChI=1S/C16H25NOS2/c1-13(17-11-16-12-19-9-10-20-16)3-4-14-5-7-15(18-2)8-6-14/h5-8,13,16-17H,3-4,9-12H2,1-2H3. The molecule has 2 unspecified atom stereocenters. The number of aryl methyl sites for hydroxylation is 1. The summed E-state index contributed by atoms with van der Waals surface area (Å²) in [6, 6.07) is 9.01. The molecule has 0 aliphatic carbocycles. The third-order valence-electron chi connectivity index (χ3n) is 3.60. The molecule has 1 heterocycles. The summed E-state index contributed by atoms with van der Waals surface area (Å²) in [5.74, 6) is 4.89. The van der Waals surface area contributed by atoms with E-state index in [0.29, 0.717) is 6.04 Å². The van der Waals surface area contributed by atoms with Crippen LogP contribution in [-0.2, 0) is 6.42 Å². The van der Waals surface area contributed by atoms with E-state index in [4.69, 9.17) is 4.74 Å². The molecule has 1 fully saturated rings. The maximum absolute atomic E-state index is 5.18. The predicted molar refractivity (Wildman–Crippen MR) is 92.4 cm³/mol. The summed E-state index contributed by atoms with van der Waals surface area (Å²) in [4.78, 5) is 0. The lowest BCUT2D eigenvalue weighted by Gasteiger charge is -2.23. The van der Waals surface area contributed by atoms with E-state index in [-0.39, 0.29) is 0 Å². The maximum Gasteiger partial charge on any atom is 0.118 e. The summed E-state index contributed by atoms with van der Waals surface area (Å²) in [5.41, 5.74) is 1.39. The molecule has 1 aliphatic rings. The number of rotatable bonds is 7. The topological polar surface area (TPSA) is 21.3 Å². The van der Waals surface area contributed by atoms with E-state index in [1.165, 1.54) is 29.2 Å². The van der Waals surface area contributed by atoms with Gasteiger partial charge in [0, 0.05) is 35.1 Å². The second-order valence-corrected chi connectivity index (χ2v) is 7.82. The van der Waals surface area contributed by atoms with Gasteiger partial charge in [0.15, 0.2) is 0 Å². The van der Waals surface area contributed by atoms with Crippen LogP contribution in [0.5, 0.6) is 5.75 Å². The van der Waals surface area contributed by atoms with Gasteiger partial charge in [-0.15, -0.1) is 0 Å². The minimum Gasteiger partial charge on any atom is -0.497 e. The first-order valence-corrected chi connectivity index (χ1v) is 9.54. The zero-order valence-corrected chi connectivity index (χ0v) is 14.1. The van der Waals surface area contributed by atoms with Crippen molar-refractivity contribution >= 4 is 23.5 Å². The van der Waals surface area contributed by atoms with Crippen LogP contribution in [0.15, 0.2) is 24.3 Å². The van der Waals surface area contributed by atoms with Crippen LogP contribution in [0.4, 0.5) is 0 Å². The van der Waals surface area contributed by atoms with Gasteiger partial charge in [-0.05, 0) is 37.5 Å². The number of nitrogens with one attached hydrogen (secondary N) is 1. The molecule has 2 rings (SSSR count). The molecule has 0 amide bonds. The van der Waals surface area contributed by atoms with E-state index in [0.717, 1.165) is 24.0 Å². The zero-order valence-electron chi connectivity index (χ0n) is 12.4. The highest BCUT2D eigenvalue weighted by atomic mass is 32.2. The summed E-state index contributed by atoms with van der Waals surface area (Å²) < 4.78 is 5.18. The lowest BCUT2D eigenvalue weighted by Crippen LogP contribution is -2.35. The second-order valence-electron chi connectivity index (χ2n) is 5.26. The van der Waals surface area contributed by atoms with Gasteiger partial charge in [-0.3, -0.25) is 0 Å². The fraction of sp³-hybridized carbons (Fsp3) is 0.625. The highest BCUT2D eigenvalue weighted by Crippen LogP contribution is 2.23. The fourth-order valence-corrected chi connectivity index (χ4v) is 4.89. The van der Waals surface area contributed by atoms with Crippen LogP contribution in [0.2, 0.25) is 0 Å². The first-order chi connectivity index (χ1) is 9.78. The van der Waals surface area contributed by atoms with Crippen LogP contribution < -0.4 is 10.1 Å². The van der Waals surface area contributed by atoms with Crippen LogP contribution in [0.1, 0.15) is 18.9 Å². The Bertz CT molecular complexity index is 377. The summed E-state index contributed by atoms with van der Waals surface area (Å²) in [6.45, 7) is 3.45. The molecule has 1 aliphatic heterocycles. The molecular weight excluding hydrogens is 286 g/mol. The van der Waals surface area contributed by atoms with Crippen molar-refractivity contribution in [2.24, 2.45) is 0 Å². The molecular formula is C16H25NOS2. The number of hydrogen-bond acceptors (Lipinski definition) is 4. The molecule has 0 bridgehead atoms. The number of thioether (sulfide) groups is 2. The Kier molecular flexibility index (Phi) is 7.11. The summed E-state index contributed by atoms with van der Waals surface area (Å²) in [6.07, 6.45) is 2.32. The first kappa shape index (κ1) is 16.1. The van der Waals surface area contributed by atoms with Gasteiger partial charge in [-0.25, -0.2) is 0 Å². The largest absolute Gasteiger partial charge is 0.497 e. The number of methoxy groups -OCH3 is 1. The quantitative estimate of drug-likeness (QED) is 0.832. The average molecular weight is 312 g/mol. The normalized spacial score (nSPS) is 20.6. The highest BCUT2D eigenvalue weighted by Gasteiger charge is 2.14. The first-order valence-electron chi connectivity index (χ1n) is 7.33. The van der Waals surface area contributed by atoms with Crippen LogP contribution in [0.3, 0.4) is 0 Å². The third kappa shape index (κ3) is 5.58. The molecule has 0 spiro atoms. The summed E-state index contributed by atoms with van der Waals surface area (Å²) in [5, 5.41) is 4.49. The molecule has 0 aromatic heterocycles. The van der Waals surface area contributed by atoms with Crippen molar-refractivity contribution in [2.45, 2.75) is 31.1 Å². The van der Waals surface area contributed by atoms with Gasteiger partial charge >= 0.3 is 0 Å². The van der Waals surface area contributed by atoms with Gasteiger partial charge < -0.3 is 10.1 Å². The van der Waals surface area contributed by atoms with Crippen molar-refractivity contribution in [1.29, 1.82) is 0 Å². The molecule has 0 radical (unpaired) electrons. The smallest absolute Gasteiger partial charge is 0.118 e. The van der Waals surface area contributed by atoms with Crippen LogP contribution in [0.25, 0.3) is 0 Å². The van der Waals surface area contributed by atoms with Gasteiger partial charge in [0.2, 0.25) is 0 Å². The molecule has 1 aromatic carbocycles. The Morgan fingerprint density at radius 2 is 2.10 bits per heavy atom.